The van der Waals surface area contributed by atoms with Crippen molar-refractivity contribution in [3.05, 3.63) is 50.8 Å². The summed E-state index contributed by atoms with van der Waals surface area (Å²) in [7, 11) is 0. The molecule has 106 valence electrons. The molecule has 4 rings (SSSR count). The van der Waals surface area contributed by atoms with Crippen LogP contribution in [0.25, 0.3) is 16.9 Å². The Kier molecular flexibility index (Phi) is 3.19. The number of benzene rings is 1. The number of rotatable bonds is 1. The van der Waals surface area contributed by atoms with Gasteiger partial charge in [0, 0.05) is 10.7 Å². The monoisotopic (exact) mass is 359 g/mol. The van der Waals surface area contributed by atoms with Crippen LogP contribution < -0.4 is 0 Å². The standard InChI is InChI=1S/C16H14BrN3S/c17-11-8-13-15(18-9-11)20(16(21)19-13)14-7-3-5-10-4-1-2-6-12(10)14/h3,5,7-9H,1-2,4,6H2,(H,19,21). The molecule has 0 aliphatic heterocycles. The van der Waals surface area contributed by atoms with E-state index in [0.29, 0.717) is 4.77 Å². The number of hydrogen-bond acceptors (Lipinski definition) is 2. The van der Waals surface area contributed by atoms with Gasteiger partial charge in [-0.15, -0.1) is 0 Å². The predicted octanol–water partition coefficient (Wildman–Crippen LogP) is 4.72. The van der Waals surface area contributed by atoms with Crippen molar-refractivity contribution in [2.24, 2.45) is 0 Å². The van der Waals surface area contributed by atoms with Crippen LogP contribution in [0.3, 0.4) is 0 Å². The van der Waals surface area contributed by atoms with E-state index in [1.54, 1.807) is 0 Å². The van der Waals surface area contributed by atoms with Gasteiger partial charge in [-0.05, 0) is 77.1 Å². The van der Waals surface area contributed by atoms with Gasteiger partial charge in [0.25, 0.3) is 0 Å². The summed E-state index contributed by atoms with van der Waals surface area (Å²) < 4.78 is 3.73. The first-order chi connectivity index (χ1) is 10.2. The van der Waals surface area contributed by atoms with Gasteiger partial charge in [-0.3, -0.25) is 4.57 Å². The lowest BCUT2D eigenvalue weighted by Gasteiger charge is -2.19. The van der Waals surface area contributed by atoms with Crippen molar-refractivity contribution < 1.29 is 0 Å². The van der Waals surface area contributed by atoms with Gasteiger partial charge in [-0.25, -0.2) is 4.98 Å². The summed E-state index contributed by atoms with van der Waals surface area (Å²) in [6.07, 6.45) is 6.63. The van der Waals surface area contributed by atoms with E-state index in [9.17, 15) is 0 Å². The maximum Gasteiger partial charge on any atom is 0.184 e. The summed E-state index contributed by atoms with van der Waals surface area (Å²) in [5.74, 6) is 0. The van der Waals surface area contributed by atoms with E-state index in [2.05, 4.69) is 48.7 Å². The zero-order chi connectivity index (χ0) is 14.4. The smallest absolute Gasteiger partial charge is 0.184 e. The number of fused-ring (bicyclic) bond motifs is 2. The molecule has 0 saturated heterocycles. The largest absolute Gasteiger partial charge is 0.329 e. The lowest BCUT2D eigenvalue weighted by Crippen LogP contribution is -2.08. The number of aromatic amines is 1. The minimum absolute atomic E-state index is 0.703. The summed E-state index contributed by atoms with van der Waals surface area (Å²) in [6, 6.07) is 8.53. The number of pyridine rings is 1. The highest BCUT2D eigenvalue weighted by molar-refractivity contribution is 9.10. The fraction of sp³-hybridized carbons (Fsp3) is 0.250. The Labute approximate surface area is 136 Å². The van der Waals surface area contributed by atoms with E-state index < -0.39 is 0 Å². The van der Waals surface area contributed by atoms with Crippen LogP contribution >= 0.6 is 28.1 Å². The van der Waals surface area contributed by atoms with Gasteiger partial charge in [0.1, 0.15) is 0 Å². The van der Waals surface area contributed by atoms with Crippen LogP contribution in [-0.4, -0.2) is 14.5 Å². The highest BCUT2D eigenvalue weighted by Crippen LogP contribution is 2.29. The highest BCUT2D eigenvalue weighted by Gasteiger charge is 2.16. The lowest BCUT2D eigenvalue weighted by atomic mass is 9.90. The Morgan fingerprint density at radius 1 is 1.24 bits per heavy atom. The molecule has 0 unspecified atom stereocenters. The maximum atomic E-state index is 5.54. The van der Waals surface area contributed by atoms with E-state index >= 15 is 0 Å². The van der Waals surface area contributed by atoms with E-state index in [4.69, 9.17) is 12.2 Å². The van der Waals surface area contributed by atoms with Gasteiger partial charge >= 0.3 is 0 Å². The van der Waals surface area contributed by atoms with Gasteiger partial charge in [-0.1, -0.05) is 12.1 Å². The van der Waals surface area contributed by atoms with Crippen LogP contribution in [0.2, 0.25) is 0 Å². The zero-order valence-electron chi connectivity index (χ0n) is 11.4. The summed E-state index contributed by atoms with van der Waals surface area (Å²) in [5, 5.41) is 0. The first kappa shape index (κ1) is 13.2. The third-order valence-corrected chi connectivity index (χ3v) is 4.82. The van der Waals surface area contributed by atoms with E-state index in [0.717, 1.165) is 28.5 Å². The fourth-order valence-corrected chi connectivity index (χ4v) is 3.79. The van der Waals surface area contributed by atoms with Crippen molar-refractivity contribution in [1.29, 1.82) is 0 Å². The summed E-state index contributed by atoms with van der Waals surface area (Å²) >= 11 is 8.99. The number of imidazole rings is 1. The zero-order valence-corrected chi connectivity index (χ0v) is 13.8. The third-order valence-electron chi connectivity index (χ3n) is 4.10. The number of aryl methyl sites for hydroxylation is 1. The molecule has 3 aromatic rings. The Bertz CT molecular complexity index is 894. The number of halogens is 1. The van der Waals surface area contributed by atoms with Gasteiger partial charge < -0.3 is 4.98 Å². The first-order valence-electron chi connectivity index (χ1n) is 7.11. The Morgan fingerprint density at radius 2 is 2.10 bits per heavy atom. The molecule has 21 heavy (non-hydrogen) atoms. The van der Waals surface area contributed by atoms with Crippen molar-refractivity contribution >= 4 is 39.3 Å². The topological polar surface area (TPSA) is 33.6 Å². The van der Waals surface area contributed by atoms with Crippen molar-refractivity contribution in [2.75, 3.05) is 0 Å². The van der Waals surface area contributed by atoms with Gasteiger partial charge in [0.15, 0.2) is 10.4 Å². The summed E-state index contributed by atoms with van der Waals surface area (Å²) in [4.78, 5) is 7.80. The molecule has 5 heteroatoms. The van der Waals surface area contributed by atoms with Crippen molar-refractivity contribution in [3.8, 4) is 5.69 Å². The number of H-pyrrole nitrogens is 1. The number of aromatic nitrogens is 3. The number of nitrogens with one attached hydrogen (secondary N) is 1. The van der Waals surface area contributed by atoms with E-state index in [1.165, 1.54) is 29.7 Å². The molecule has 0 saturated carbocycles. The highest BCUT2D eigenvalue weighted by atomic mass is 79.9. The summed E-state index contributed by atoms with van der Waals surface area (Å²) in [6.45, 7) is 0. The lowest BCUT2D eigenvalue weighted by molar-refractivity contribution is 0.681. The second-order valence-electron chi connectivity index (χ2n) is 5.41. The molecular formula is C16H14BrN3S. The predicted molar refractivity (Wildman–Crippen MR) is 90.6 cm³/mol. The molecule has 0 fully saturated rings. The second kappa shape index (κ2) is 5.07. The van der Waals surface area contributed by atoms with Gasteiger partial charge in [-0.2, -0.15) is 0 Å². The van der Waals surface area contributed by atoms with Crippen LogP contribution in [0.4, 0.5) is 0 Å². The Balaban J connectivity index is 2.03. The van der Waals surface area contributed by atoms with Crippen molar-refractivity contribution in [1.82, 2.24) is 14.5 Å². The molecule has 0 bridgehead atoms. The minimum Gasteiger partial charge on any atom is -0.329 e. The molecule has 2 aromatic heterocycles. The van der Waals surface area contributed by atoms with Crippen LogP contribution in [0.5, 0.6) is 0 Å². The quantitative estimate of drug-likeness (QED) is 0.637. The Hall–Kier alpha value is -1.46. The van der Waals surface area contributed by atoms with Crippen LogP contribution in [0.15, 0.2) is 34.9 Å². The minimum atomic E-state index is 0.703. The average Bonchev–Trinajstić information content (AvgIpc) is 2.81. The molecule has 0 atom stereocenters. The average molecular weight is 360 g/mol. The molecule has 1 aliphatic rings. The molecular weight excluding hydrogens is 346 g/mol. The van der Waals surface area contributed by atoms with E-state index in [1.807, 2.05) is 12.3 Å². The van der Waals surface area contributed by atoms with E-state index in [-0.39, 0.29) is 0 Å². The van der Waals surface area contributed by atoms with Crippen molar-refractivity contribution in [2.45, 2.75) is 25.7 Å². The number of hydrogen-bond donors (Lipinski definition) is 1. The van der Waals surface area contributed by atoms with Crippen LogP contribution in [0, 0.1) is 4.77 Å². The summed E-state index contributed by atoms with van der Waals surface area (Å²) in [5.41, 5.74) is 5.90. The SMILES string of the molecule is S=c1[nH]c2cc(Br)cnc2n1-c1cccc2c1CCCC2. The normalized spacial score (nSPS) is 14.3. The van der Waals surface area contributed by atoms with Gasteiger partial charge in [0.05, 0.1) is 11.2 Å². The molecule has 0 radical (unpaired) electrons. The van der Waals surface area contributed by atoms with Crippen LogP contribution in [0.1, 0.15) is 24.0 Å². The first-order valence-corrected chi connectivity index (χ1v) is 8.31. The molecule has 1 N–H and O–H groups in total. The molecule has 3 nitrogen and oxygen atoms in total. The maximum absolute atomic E-state index is 5.54. The molecule has 0 spiro atoms. The number of nitrogens with zero attached hydrogens (tertiary/aromatic N) is 2. The van der Waals surface area contributed by atoms with Crippen LogP contribution in [-0.2, 0) is 12.8 Å². The second-order valence-corrected chi connectivity index (χ2v) is 6.71. The third kappa shape index (κ3) is 2.15. The molecule has 1 aromatic carbocycles. The van der Waals surface area contributed by atoms with Crippen molar-refractivity contribution in [3.63, 3.8) is 0 Å². The van der Waals surface area contributed by atoms with Gasteiger partial charge in [0.2, 0.25) is 0 Å². The fourth-order valence-electron chi connectivity index (χ4n) is 3.16. The molecule has 0 amide bonds. The Morgan fingerprint density at radius 3 is 3.00 bits per heavy atom. The molecule has 2 heterocycles. The molecule has 1 aliphatic carbocycles.